The molecule has 1 aromatic carbocycles. The SMILES string of the molecule is Cc1cnc(CO)c(N2CCC3(CC2)Cc2ccccc2[C@H]3NC(=O)OC(C)(C)C)n1. The molecule has 2 heterocycles. The van der Waals surface area contributed by atoms with Gasteiger partial charge in [0, 0.05) is 24.7 Å². The Hall–Kier alpha value is -2.67. The van der Waals surface area contributed by atoms with Gasteiger partial charge in [0.05, 0.1) is 18.3 Å². The lowest BCUT2D eigenvalue weighted by Gasteiger charge is -2.44. The molecule has 1 aromatic heterocycles. The minimum atomic E-state index is -0.538. The number of hydrogen-bond acceptors (Lipinski definition) is 6. The van der Waals surface area contributed by atoms with Crippen molar-refractivity contribution in [1.29, 1.82) is 0 Å². The van der Waals surface area contributed by atoms with E-state index in [1.54, 1.807) is 6.20 Å². The summed E-state index contributed by atoms with van der Waals surface area (Å²) < 4.78 is 5.58. The van der Waals surface area contributed by atoms with Crippen molar-refractivity contribution in [1.82, 2.24) is 15.3 Å². The van der Waals surface area contributed by atoms with Crippen LogP contribution in [0.15, 0.2) is 30.5 Å². The number of ether oxygens (including phenoxy) is 1. The van der Waals surface area contributed by atoms with Gasteiger partial charge in [-0.05, 0) is 58.1 Å². The molecule has 31 heavy (non-hydrogen) atoms. The molecule has 0 unspecified atom stereocenters. The Morgan fingerprint density at radius 2 is 2.00 bits per heavy atom. The molecule has 1 atom stereocenters. The standard InChI is InChI=1S/C24H32N4O3/c1-16-14-25-19(15-29)21(26-16)28-11-9-24(10-12-28)13-17-7-5-6-8-18(17)20(24)27-22(30)31-23(2,3)4/h5-8,14,20,29H,9-13,15H2,1-4H3,(H,27,30)/t20-/m1/s1. The number of aliphatic hydroxyl groups is 1. The van der Waals surface area contributed by atoms with Crippen LogP contribution in [0.4, 0.5) is 10.6 Å². The average molecular weight is 425 g/mol. The Bertz CT molecular complexity index is 962. The molecule has 1 saturated heterocycles. The molecule has 7 nitrogen and oxygen atoms in total. The van der Waals surface area contributed by atoms with E-state index in [0.29, 0.717) is 5.69 Å². The van der Waals surface area contributed by atoms with Gasteiger partial charge in [0.25, 0.3) is 0 Å². The molecule has 1 spiro atoms. The molecular weight excluding hydrogens is 392 g/mol. The normalized spacial score (nSPS) is 19.9. The molecule has 7 heteroatoms. The Kier molecular flexibility index (Phi) is 5.64. The summed E-state index contributed by atoms with van der Waals surface area (Å²) in [6, 6.07) is 8.30. The lowest BCUT2D eigenvalue weighted by Crippen LogP contribution is -2.48. The third kappa shape index (κ3) is 4.37. The number of benzene rings is 1. The van der Waals surface area contributed by atoms with Gasteiger partial charge in [0.1, 0.15) is 11.3 Å². The topological polar surface area (TPSA) is 87.6 Å². The summed E-state index contributed by atoms with van der Waals surface area (Å²) in [4.78, 5) is 23.9. The fourth-order valence-electron chi connectivity index (χ4n) is 4.93. The van der Waals surface area contributed by atoms with Crippen molar-refractivity contribution in [3.63, 3.8) is 0 Å². The van der Waals surface area contributed by atoms with Crippen LogP contribution in [-0.2, 0) is 17.8 Å². The highest BCUT2D eigenvalue weighted by Gasteiger charge is 2.48. The van der Waals surface area contributed by atoms with E-state index < -0.39 is 5.60 Å². The zero-order valence-corrected chi connectivity index (χ0v) is 18.8. The van der Waals surface area contributed by atoms with E-state index in [2.05, 4.69) is 38.4 Å². The number of carbonyl (C=O) groups excluding carboxylic acids is 1. The fourth-order valence-corrected chi connectivity index (χ4v) is 4.93. The number of rotatable bonds is 3. The Balaban J connectivity index is 1.57. The molecule has 166 valence electrons. The third-order valence-corrected chi connectivity index (χ3v) is 6.34. The molecule has 1 fully saturated rings. The first-order chi connectivity index (χ1) is 14.7. The Morgan fingerprint density at radius 3 is 2.68 bits per heavy atom. The van der Waals surface area contributed by atoms with Gasteiger partial charge in [0.15, 0.2) is 5.82 Å². The first kappa shape index (κ1) is 21.6. The number of anilines is 1. The maximum Gasteiger partial charge on any atom is 0.408 e. The first-order valence-corrected chi connectivity index (χ1v) is 11.0. The third-order valence-electron chi connectivity index (χ3n) is 6.34. The lowest BCUT2D eigenvalue weighted by atomic mass is 9.72. The number of piperidine rings is 1. The van der Waals surface area contributed by atoms with Crippen molar-refractivity contribution in [3.05, 3.63) is 53.0 Å². The molecule has 4 rings (SSSR count). The molecule has 1 amide bonds. The van der Waals surface area contributed by atoms with Gasteiger partial charge in [-0.1, -0.05) is 24.3 Å². The molecule has 1 aliphatic carbocycles. The van der Waals surface area contributed by atoms with Crippen LogP contribution in [0.25, 0.3) is 0 Å². The highest BCUT2D eigenvalue weighted by Crippen LogP contribution is 2.52. The van der Waals surface area contributed by atoms with Crippen molar-refractivity contribution < 1.29 is 14.6 Å². The zero-order valence-electron chi connectivity index (χ0n) is 18.8. The number of carbonyl (C=O) groups is 1. The number of alkyl carbamates (subject to hydrolysis) is 1. The minimum absolute atomic E-state index is 0.0618. The summed E-state index contributed by atoms with van der Waals surface area (Å²) in [6.45, 7) is 9.02. The molecule has 0 bridgehead atoms. The predicted octanol–water partition coefficient (Wildman–Crippen LogP) is 3.69. The number of aryl methyl sites for hydroxylation is 1. The Labute approximate surface area is 183 Å². The number of amides is 1. The second kappa shape index (κ2) is 8.11. The van der Waals surface area contributed by atoms with Crippen LogP contribution in [-0.4, -0.2) is 39.9 Å². The van der Waals surface area contributed by atoms with Crippen molar-refractivity contribution in [2.45, 2.75) is 65.2 Å². The largest absolute Gasteiger partial charge is 0.444 e. The van der Waals surface area contributed by atoms with Gasteiger partial charge >= 0.3 is 6.09 Å². The monoisotopic (exact) mass is 424 g/mol. The number of nitrogens with one attached hydrogen (secondary N) is 1. The van der Waals surface area contributed by atoms with Crippen molar-refractivity contribution in [3.8, 4) is 0 Å². The highest BCUT2D eigenvalue weighted by atomic mass is 16.6. The van der Waals surface area contributed by atoms with Gasteiger partial charge < -0.3 is 20.1 Å². The zero-order chi connectivity index (χ0) is 22.2. The van der Waals surface area contributed by atoms with Gasteiger partial charge in [-0.2, -0.15) is 0 Å². The van der Waals surface area contributed by atoms with E-state index in [0.717, 1.165) is 43.9 Å². The Morgan fingerprint density at radius 1 is 1.29 bits per heavy atom. The summed E-state index contributed by atoms with van der Waals surface area (Å²) in [5, 5.41) is 12.9. The van der Waals surface area contributed by atoms with Gasteiger partial charge in [-0.15, -0.1) is 0 Å². The van der Waals surface area contributed by atoms with Crippen LogP contribution in [0, 0.1) is 12.3 Å². The average Bonchev–Trinajstić information content (AvgIpc) is 3.00. The maximum absolute atomic E-state index is 12.7. The molecular formula is C24H32N4O3. The predicted molar refractivity (Wildman–Crippen MR) is 119 cm³/mol. The van der Waals surface area contributed by atoms with E-state index in [-0.39, 0.29) is 24.2 Å². The summed E-state index contributed by atoms with van der Waals surface area (Å²) in [5.41, 5.74) is 3.33. The molecule has 0 radical (unpaired) electrons. The van der Waals surface area contributed by atoms with Crippen LogP contribution >= 0.6 is 0 Å². The van der Waals surface area contributed by atoms with Crippen LogP contribution in [0.1, 0.15) is 62.2 Å². The van der Waals surface area contributed by atoms with E-state index in [1.165, 1.54) is 11.1 Å². The van der Waals surface area contributed by atoms with Crippen molar-refractivity contribution >= 4 is 11.9 Å². The van der Waals surface area contributed by atoms with Crippen LogP contribution in [0.2, 0.25) is 0 Å². The summed E-state index contributed by atoms with van der Waals surface area (Å²) in [6.07, 6.45) is 4.06. The van der Waals surface area contributed by atoms with Crippen LogP contribution < -0.4 is 10.2 Å². The van der Waals surface area contributed by atoms with E-state index in [1.807, 2.05) is 33.8 Å². The molecule has 2 aromatic rings. The first-order valence-electron chi connectivity index (χ1n) is 11.0. The van der Waals surface area contributed by atoms with Crippen molar-refractivity contribution in [2.75, 3.05) is 18.0 Å². The summed E-state index contributed by atoms with van der Waals surface area (Å²) in [7, 11) is 0. The second-order valence-corrected chi connectivity index (χ2v) is 9.74. The van der Waals surface area contributed by atoms with E-state index >= 15 is 0 Å². The second-order valence-electron chi connectivity index (χ2n) is 9.74. The molecule has 0 saturated carbocycles. The minimum Gasteiger partial charge on any atom is -0.444 e. The number of nitrogens with zero attached hydrogens (tertiary/aromatic N) is 3. The quantitative estimate of drug-likeness (QED) is 0.781. The molecule has 1 aliphatic heterocycles. The number of fused-ring (bicyclic) bond motifs is 1. The van der Waals surface area contributed by atoms with Crippen molar-refractivity contribution in [2.24, 2.45) is 5.41 Å². The van der Waals surface area contributed by atoms with E-state index in [9.17, 15) is 9.90 Å². The summed E-state index contributed by atoms with van der Waals surface area (Å²) in [5.74, 6) is 0.768. The van der Waals surface area contributed by atoms with Gasteiger partial charge in [-0.25, -0.2) is 9.78 Å². The highest BCUT2D eigenvalue weighted by molar-refractivity contribution is 5.69. The van der Waals surface area contributed by atoms with Crippen LogP contribution in [0.3, 0.4) is 0 Å². The fraction of sp³-hybridized carbons (Fsp3) is 0.542. The van der Waals surface area contributed by atoms with Gasteiger partial charge in [0.2, 0.25) is 0 Å². The smallest absolute Gasteiger partial charge is 0.408 e. The van der Waals surface area contributed by atoms with Gasteiger partial charge in [-0.3, -0.25) is 4.98 Å². The molecule has 2 N–H and O–H groups in total. The molecule has 2 aliphatic rings. The van der Waals surface area contributed by atoms with Crippen LogP contribution in [0.5, 0.6) is 0 Å². The maximum atomic E-state index is 12.7. The lowest BCUT2D eigenvalue weighted by molar-refractivity contribution is 0.0428. The number of hydrogen-bond donors (Lipinski definition) is 2. The number of aliphatic hydroxyl groups excluding tert-OH is 1. The van der Waals surface area contributed by atoms with E-state index in [4.69, 9.17) is 4.74 Å². The summed E-state index contributed by atoms with van der Waals surface area (Å²) >= 11 is 0. The number of aromatic nitrogens is 2.